The molecule has 1 aliphatic heterocycles. The summed E-state index contributed by atoms with van der Waals surface area (Å²) in [5, 5.41) is 3.09. The lowest BCUT2D eigenvalue weighted by Gasteiger charge is -2.35. The van der Waals surface area contributed by atoms with Gasteiger partial charge in [0.25, 0.3) is 5.91 Å². The molecule has 0 radical (unpaired) electrons. The quantitative estimate of drug-likeness (QED) is 0.697. The van der Waals surface area contributed by atoms with E-state index in [0.717, 1.165) is 30.1 Å². The highest BCUT2D eigenvalue weighted by Gasteiger charge is 2.25. The molecule has 156 valence electrons. The molecule has 2 aromatic rings. The van der Waals surface area contributed by atoms with Gasteiger partial charge in [-0.05, 0) is 70.0 Å². The normalized spacial score (nSPS) is 15.7. The first-order valence-corrected chi connectivity index (χ1v) is 10.3. The zero-order valence-electron chi connectivity index (χ0n) is 17.8. The summed E-state index contributed by atoms with van der Waals surface area (Å²) in [5.41, 5.74) is 3.70. The molecule has 2 heterocycles. The molecular formula is C23H31N3O3. The fourth-order valence-electron chi connectivity index (χ4n) is 4.30. The lowest BCUT2D eigenvalue weighted by Crippen LogP contribution is -2.40. The van der Waals surface area contributed by atoms with Crippen molar-refractivity contribution in [2.24, 2.45) is 0 Å². The fourth-order valence-corrected chi connectivity index (χ4v) is 4.30. The zero-order valence-corrected chi connectivity index (χ0v) is 17.8. The molecule has 0 saturated carbocycles. The summed E-state index contributed by atoms with van der Waals surface area (Å²) in [6.07, 6.45) is 3.61. The Labute approximate surface area is 172 Å². The lowest BCUT2D eigenvalue weighted by atomic mass is 10.0. The molecule has 1 aromatic carbocycles. The van der Waals surface area contributed by atoms with Crippen molar-refractivity contribution < 1.29 is 14.3 Å². The molecule has 2 N–H and O–H groups in total. The monoisotopic (exact) mass is 397 g/mol. The number of hydrogen-bond donors (Lipinski definition) is 2. The van der Waals surface area contributed by atoms with Crippen molar-refractivity contribution in [1.82, 2.24) is 15.2 Å². The van der Waals surface area contributed by atoms with Gasteiger partial charge in [-0.25, -0.2) is 0 Å². The average Bonchev–Trinajstić information content (AvgIpc) is 3.03. The Balaban J connectivity index is 1.78. The second-order valence-corrected chi connectivity index (χ2v) is 7.78. The summed E-state index contributed by atoms with van der Waals surface area (Å²) >= 11 is 0. The number of H-pyrrole nitrogens is 1. The van der Waals surface area contributed by atoms with E-state index in [1.165, 1.54) is 26.2 Å². The SMILES string of the molecule is COc1ccc([C@@H](CNC(=O)c2[nH]c(C)c(C(C)=O)c2C)N2CCCCC2)cc1. The van der Waals surface area contributed by atoms with Crippen molar-refractivity contribution in [3.63, 3.8) is 0 Å². The summed E-state index contributed by atoms with van der Waals surface area (Å²) in [6, 6.07) is 8.18. The van der Waals surface area contributed by atoms with Crippen LogP contribution in [-0.2, 0) is 0 Å². The van der Waals surface area contributed by atoms with Crippen LogP contribution in [0.25, 0.3) is 0 Å². The number of benzene rings is 1. The van der Waals surface area contributed by atoms with Crippen LogP contribution in [0, 0.1) is 13.8 Å². The number of Topliss-reactive ketones (excluding diaryl/α,β-unsaturated/α-hetero) is 1. The first kappa shape index (κ1) is 21.1. The van der Waals surface area contributed by atoms with Crippen LogP contribution in [0.5, 0.6) is 5.75 Å². The Morgan fingerprint density at radius 1 is 1.14 bits per heavy atom. The Bertz CT molecular complexity index is 864. The van der Waals surface area contributed by atoms with Crippen molar-refractivity contribution in [1.29, 1.82) is 0 Å². The molecule has 1 saturated heterocycles. The van der Waals surface area contributed by atoms with E-state index in [1.54, 1.807) is 7.11 Å². The lowest BCUT2D eigenvalue weighted by molar-refractivity contribution is 0.0919. The van der Waals surface area contributed by atoms with Crippen LogP contribution in [0.2, 0.25) is 0 Å². The molecule has 1 atom stereocenters. The van der Waals surface area contributed by atoms with Crippen LogP contribution < -0.4 is 10.1 Å². The average molecular weight is 398 g/mol. The third-order valence-electron chi connectivity index (χ3n) is 5.80. The highest BCUT2D eigenvalue weighted by molar-refractivity contribution is 6.02. The zero-order chi connectivity index (χ0) is 21.0. The minimum absolute atomic E-state index is 0.0280. The van der Waals surface area contributed by atoms with Gasteiger partial charge in [-0.1, -0.05) is 18.6 Å². The van der Waals surface area contributed by atoms with E-state index >= 15 is 0 Å². The summed E-state index contributed by atoms with van der Waals surface area (Å²) < 4.78 is 5.28. The van der Waals surface area contributed by atoms with Crippen molar-refractivity contribution in [3.8, 4) is 5.75 Å². The van der Waals surface area contributed by atoms with Gasteiger partial charge in [-0.15, -0.1) is 0 Å². The van der Waals surface area contributed by atoms with Gasteiger partial charge in [0, 0.05) is 17.8 Å². The van der Waals surface area contributed by atoms with Crippen LogP contribution in [0.15, 0.2) is 24.3 Å². The van der Waals surface area contributed by atoms with Gasteiger partial charge in [0.05, 0.1) is 13.2 Å². The maximum atomic E-state index is 12.9. The molecule has 1 aliphatic rings. The Hall–Kier alpha value is -2.60. The van der Waals surface area contributed by atoms with E-state index in [4.69, 9.17) is 4.74 Å². The summed E-state index contributed by atoms with van der Waals surface area (Å²) in [5.74, 6) is 0.623. The minimum atomic E-state index is -0.173. The van der Waals surface area contributed by atoms with Crippen LogP contribution in [0.1, 0.15) is 69.9 Å². The maximum Gasteiger partial charge on any atom is 0.268 e. The number of carbonyl (C=O) groups excluding carboxylic acids is 2. The second kappa shape index (κ2) is 9.27. The van der Waals surface area contributed by atoms with E-state index in [2.05, 4.69) is 27.3 Å². The van der Waals surface area contributed by atoms with Gasteiger partial charge >= 0.3 is 0 Å². The van der Waals surface area contributed by atoms with E-state index in [0.29, 0.717) is 23.4 Å². The number of ketones is 1. The van der Waals surface area contributed by atoms with E-state index in [1.807, 2.05) is 26.0 Å². The number of piperidine rings is 1. The molecule has 6 heteroatoms. The Morgan fingerprint density at radius 2 is 1.79 bits per heavy atom. The van der Waals surface area contributed by atoms with Gasteiger partial charge in [-0.3, -0.25) is 14.5 Å². The second-order valence-electron chi connectivity index (χ2n) is 7.78. The number of nitrogens with zero attached hydrogens (tertiary/aromatic N) is 1. The van der Waals surface area contributed by atoms with Crippen LogP contribution in [0.4, 0.5) is 0 Å². The topological polar surface area (TPSA) is 74.4 Å². The highest BCUT2D eigenvalue weighted by Crippen LogP contribution is 2.26. The largest absolute Gasteiger partial charge is 0.497 e. The van der Waals surface area contributed by atoms with Crippen molar-refractivity contribution in [3.05, 3.63) is 52.3 Å². The van der Waals surface area contributed by atoms with Crippen LogP contribution >= 0.6 is 0 Å². The molecule has 1 fully saturated rings. The molecule has 0 spiro atoms. The molecule has 1 aromatic heterocycles. The number of amides is 1. The number of aryl methyl sites for hydroxylation is 1. The molecule has 3 rings (SSSR count). The highest BCUT2D eigenvalue weighted by atomic mass is 16.5. The Kier molecular flexibility index (Phi) is 6.75. The smallest absolute Gasteiger partial charge is 0.268 e. The van der Waals surface area contributed by atoms with E-state index in [9.17, 15) is 9.59 Å². The number of methoxy groups -OCH3 is 1. The first-order valence-electron chi connectivity index (χ1n) is 10.3. The molecule has 0 unspecified atom stereocenters. The number of hydrogen-bond acceptors (Lipinski definition) is 4. The van der Waals surface area contributed by atoms with Crippen molar-refractivity contribution in [2.75, 3.05) is 26.7 Å². The van der Waals surface area contributed by atoms with Crippen LogP contribution in [-0.4, -0.2) is 48.3 Å². The number of aromatic amines is 1. The summed E-state index contributed by atoms with van der Waals surface area (Å²) in [4.78, 5) is 30.3. The van der Waals surface area contributed by atoms with Crippen LogP contribution in [0.3, 0.4) is 0 Å². The minimum Gasteiger partial charge on any atom is -0.497 e. The number of carbonyl (C=O) groups is 2. The van der Waals surface area contributed by atoms with Crippen molar-refractivity contribution >= 4 is 11.7 Å². The summed E-state index contributed by atoms with van der Waals surface area (Å²) in [6.45, 7) is 7.75. The molecule has 29 heavy (non-hydrogen) atoms. The number of ether oxygens (including phenoxy) is 1. The molecule has 0 bridgehead atoms. The summed E-state index contributed by atoms with van der Waals surface area (Å²) in [7, 11) is 1.66. The third-order valence-corrected chi connectivity index (χ3v) is 5.80. The fraction of sp³-hybridized carbons (Fsp3) is 0.478. The predicted molar refractivity (Wildman–Crippen MR) is 114 cm³/mol. The maximum absolute atomic E-state index is 12.9. The molecule has 6 nitrogen and oxygen atoms in total. The van der Waals surface area contributed by atoms with Gasteiger partial charge in [-0.2, -0.15) is 0 Å². The number of nitrogens with one attached hydrogen (secondary N) is 2. The molecule has 1 amide bonds. The van der Waals surface area contributed by atoms with Gasteiger partial charge in [0.2, 0.25) is 0 Å². The first-order chi connectivity index (χ1) is 13.9. The number of likely N-dealkylation sites (tertiary alicyclic amines) is 1. The van der Waals surface area contributed by atoms with Gasteiger partial charge in [0.1, 0.15) is 11.4 Å². The molecule has 0 aliphatic carbocycles. The van der Waals surface area contributed by atoms with E-state index < -0.39 is 0 Å². The number of aromatic nitrogens is 1. The Morgan fingerprint density at radius 3 is 2.34 bits per heavy atom. The van der Waals surface area contributed by atoms with Gasteiger partial charge in [0.15, 0.2) is 5.78 Å². The van der Waals surface area contributed by atoms with Gasteiger partial charge < -0.3 is 15.0 Å². The molecular weight excluding hydrogens is 366 g/mol. The standard InChI is InChI=1S/C23H31N3O3/c1-15-21(17(3)27)16(2)25-22(15)23(28)24-14-20(26-12-6-5-7-13-26)18-8-10-19(29-4)11-9-18/h8-11,20,25H,5-7,12-14H2,1-4H3,(H,24,28)/t20-/m1/s1. The van der Waals surface area contributed by atoms with E-state index in [-0.39, 0.29) is 17.7 Å². The third kappa shape index (κ3) is 4.70. The van der Waals surface area contributed by atoms with Crippen molar-refractivity contribution in [2.45, 2.75) is 46.1 Å². The number of rotatable bonds is 7. The predicted octanol–water partition coefficient (Wildman–Crippen LogP) is 3.80.